The second-order valence-electron chi connectivity index (χ2n) is 8.54. The zero-order chi connectivity index (χ0) is 21.0. The fourth-order valence-corrected chi connectivity index (χ4v) is 4.01. The average molecular weight is 405 g/mol. The second-order valence-corrected chi connectivity index (χ2v) is 8.54. The summed E-state index contributed by atoms with van der Waals surface area (Å²) in [5, 5.41) is 22.8. The van der Waals surface area contributed by atoms with Crippen molar-refractivity contribution < 1.29 is 9.90 Å². The number of carbonyl (C=O) groups excluding carboxylic acids is 1. The fourth-order valence-electron chi connectivity index (χ4n) is 4.01. The van der Waals surface area contributed by atoms with Gasteiger partial charge in [-0.2, -0.15) is 10.2 Å². The van der Waals surface area contributed by atoms with Crippen molar-refractivity contribution >= 4 is 33.5 Å². The molecule has 1 saturated heterocycles. The molecule has 1 aliphatic rings. The fraction of sp³-hybridized carbons (Fsp3) is 0.333. The molecule has 5 rings (SSSR count). The third-order valence-electron chi connectivity index (χ3n) is 5.63. The van der Waals surface area contributed by atoms with E-state index in [4.69, 9.17) is 10.8 Å². The highest BCUT2D eigenvalue weighted by Crippen LogP contribution is 2.31. The molecule has 0 radical (unpaired) electrons. The quantitative estimate of drug-likeness (QED) is 0.475. The number of aromatic amines is 1. The number of pyridine rings is 1. The Hall–Kier alpha value is -3.46. The van der Waals surface area contributed by atoms with Gasteiger partial charge in [0, 0.05) is 36.4 Å². The number of hydrogen-bond donors (Lipinski definition) is 3. The first kappa shape index (κ1) is 18.6. The van der Waals surface area contributed by atoms with Crippen molar-refractivity contribution in [2.24, 2.45) is 5.41 Å². The lowest BCUT2D eigenvalue weighted by Gasteiger charge is -2.40. The van der Waals surface area contributed by atoms with Crippen molar-refractivity contribution in [2.75, 3.05) is 18.8 Å². The number of nitrogens with one attached hydrogen (secondary N) is 1. The summed E-state index contributed by atoms with van der Waals surface area (Å²) in [5.41, 5.74) is 8.96. The minimum Gasteiger partial charge on any atom is -0.389 e. The van der Waals surface area contributed by atoms with Gasteiger partial charge in [-0.1, -0.05) is 6.07 Å². The number of nitrogens with two attached hydrogens (primary N) is 1. The van der Waals surface area contributed by atoms with E-state index in [1.165, 1.54) is 0 Å². The Labute approximate surface area is 172 Å². The maximum Gasteiger partial charge on any atom is 0.230 e. The van der Waals surface area contributed by atoms with E-state index in [1.807, 2.05) is 44.3 Å². The molecular formula is C21H23N7O2. The lowest BCUT2D eigenvalue weighted by atomic mass is 9.90. The smallest absolute Gasteiger partial charge is 0.230 e. The number of hydrogen-bond acceptors (Lipinski definition) is 6. The topological polar surface area (TPSA) is 126 Å². The molecule has 0 bridgehead atoms. The number of nitrogens with zero attached hydrogens (tertiary/aromatic N) is 5. The Morgan fingerprint density at radius 1 is 1.30 bits per heavy atom. The predicted molar refractivity (Wildman–Crippen MR) is 113 cm³/mol. The number of anilines is 1. The maximum atomic E-state index is 12.8. The number of aliphatic hydroxyl groups is 1. The van der Waals surface area contributed by atoms with E-state index >= 15 is 0 Å². The van der Waals surface area contributed by atoms with E-state index in [0.717, 1.165) is 33.1 Å². The molecule has 1 aromatic carbocycles. The molecule has 4 aromatic rings. The van der Waals surface area contributed by atoms with Gasteiger partial charge < -0.3 is 15.7 Å². The van der Waals surface area contributed by atoms with Gasteiger partial charge in [0.05, 0.1) is 34.7 Å². The van der Waals surface area contributed by atoms with Crippen molar-refractivity contribution in [3.63, 3.8) is 0 Å². The third-order valence-corrected chi connectivity index (χ3v) is 5.63. The first-order valence-electron chi connectivity index (χ1n) is 9.85. The molecule has 9 heteroatoms. The average Bonchev–Trinajstić information content (AvgIpc) is 3.34. The first-order chi connectivity index (χ1) is 14.3. The van der Waals surface area contributed by atoms with E-state index < -0.39 is 11.5 Å². The van der Waals surface area contributed by atoms with E-state index in [1.54, 1.807) is 15.8 Å². The number of β-amino-alcohol motifs (C(OH)–C–C–N with tert-alkyl or cyclic N) is 1. The number of fused-ring (bicyclic) bond motifs is 3. The largest absolute Gasteiger partial charge is 0.389 e. The highest BCUT2D eigenvalue weighted by molar-refractivity contribution is 6.08. The van der Waals surface area contributed by atoms with Gasteiger partial charge in [0.15, 0.2) is 0 Å². The monoisotopic (exact) mass is 405 g/mol. The van der Waals surface area contributed by atoms with Gasteiger partial charge in [-0.25, -0.2) is 4.98 Å². The van der Waals surface area contributed by atoms with Crippen LogP contribution in [0, 0.1) is 5.41 Å². The Morgan fingerprint density at radius 3 is 2.80 bits per heavy atom. The summed E-state index contributed by atoms with van der Waals surface area (Å²) in [6, 6.07) is 7.83. The zero-order valence-electron chi connectivity index (χ0n) is 16.8. The van der Waals surface area contributed by atoms with Gasteiger partial charge in [-0.15, -0.1) is 0 Å². The van der Waals surface area contributed by atoms with Gasteiger partial charge in [-0.05, 0) is 32.0 Å². The zero-order valence-corrected chi connectivity index (χ0v) is 16.8. The van der Waals surface area contributed by atoms with Gasteiger partial charge in [-0.3, -0.25) is 14.6 Å². The molecule has 0 spiro atoms. The number of likely N-dealkylation sites (tertiary alicyclic amines) is 1. The lowest BCUT2D eigenvalue weighted by molar-refractivity contribution is -0.151. The minimum atomic E-state index is -0.659. The van der Waals surface area contributed by atoms with Crippen molar-refractivity contribution in [1.82, 2.24) is 29.9 Å². The number of nitrogen functional groups attached to an aromatic ring is 1. The highest BCUT2D eigenvalue weighted by Gasteiger charge is 2.38. The van der Waals surface area contributed by atoms with Crippen molar-refractivity contribution in [3.05, 3.63) is 36.7 Å². The Bertz CT molecular complexity index is 1250. The normalized spacial score (nSPS) is 15.1. The van der Waals surface area contributed by atoms with E-state index in [9.17, 15) is 9.90 Å². The van der Waals surface area contributed by atoms with E-state index in [0.29, 0.717) is 25.5 Å². The summed E-state index contributed by atoms with van der Waals surface area (Å²) in [4.78, 5) is 19.0. The minimum absolute atomic E-state index is 0.00695. The molecule has 0 saturated carbocycles. The van der Waals surface area contributed by atoms with Crippen LogP contribution in [0.2, 0.25) is 0 Å². The van der Waals surface area contributed by atoms with Crippen LogP contribution in [-0.4, -0.2) is 60.1 Å². The van der Waals surface area contributed by atoms with Crippen LogP contribution >= 0.6 is 0 Å². The summed E-state index contributed by atoms with van der Waals surface area (Å²) >= 11 is 0. The van der Waals surface area contributed by atoms with Gasteiger partial charge in [0.2, 0.25) is 5.91 Å². The number of rotatable bonds is 4. The van der Waals surface area contributed by atoms with Crippen LogP contribution in [-0.2, 0) is 11.3 Å². The van der Waals surface area contributed by atoms with Crippen LogP contribution in [0.3, 0.4) is 0 Å². The Morgan fingerprint density at radius 2 is 2.10 bits per heavy atom. The summed E-state index contributed by atoms with van der Waals surface area (Å²) < 4.78 is 1.76. The molecule has 4 N–H and O–H groups in total. The molecule has 30 heavy (non-hydrogen) atoms. The van der Waals surface area contributed by atoms with Crippen LogP contribution in [0.5, 0.6) is 0 Å². The number of aliphatic hydroxyl groups excluding tert-OH is 1. The molecule has 1 fully saturated rings. The number of amides is 1. The maximum absolute atomic E-state index is 12.8. The molecule has 4 heterocycles. The molecule has 154 valence electrons. The molecular weight excluding hydrogens is 382 g/mol. The second kappa shape index (κ2) is 6.53. The number of benzene rings is 1. The van der Waals surface area contributed by atoms with Crippen LogP contribution in [0.4, 0.5) is 5.82 Å². The van der Waals surface area contributed by atoms with Crippen LogP contribution < -0.4 is 5.73 Å². The summed E-state index contributed by atoms with van der Waals surface area (Å²) in [6.07, 6.45) is 3.14. The van der Waals surface area contributed by atoms with Gasteiger partial charge >= 0.3 is 0 Å². The highest BCUT2D eigenvalue weighted by atomic mass is 16.3. The Balaban J connectivity index is 1.51. The van der Waals surface area contributed by atoms with Crippen LogP contribution in [0.1, 0.15) is 13.8 Å². The molecule has 1 amide bonds. The number of carbonyl (C=O) groups is 1. The third kappa shape index (κ3) is 2.98. The first-order valence-corrected chi connectivity index (χ1v) is 9.85. The molecule has 9 nitrogen and oxygen atoms in total. The van der Waals surface area contributed by atoms with E-state index in [2.05, 4.69) is 15.2 Å². The van der Waals surface area contributed by atoms with Gasteiger partial charge in [0.25, 0.3) is 0 Å². The summed E-state index contributed by atoms with van der Waals surface area (Å²) in [5.74, 6) is 0.410. The van der Waals surface area contributed by atoms with Crippen molar-refractivity contribution in [2.45, 2.75) is 26.5 Å². The molecule has 1 aliphatic heterocycles. The van der Waals surface area contributed by atoms with Crippen molar-refractivity contribution in [1.29, 1.82) is 0 Å². The predicted octanol–water partition coefficient (Wildman–Crippen LogP) is 1.79. The molecule has 0 atom stereocenters. The lowest BCUT2D eigenvalue weighted by Crippen LogP contribution is -2.57. The standard InChI is InChI=1S/C21H23N7O2/c1-21(2,20(30)27-8-13(29)9-27)11-28-10-15-18(26-28)14-4-3-12(16-5-6-23-25-16)7-17(14)24-19(15)22/h3-7,10,13,29H,8-9,11H2,1-2H3,(H2,22,24)(H,23,25). The molecule has 0 aliphatic carbocycles. The van der Waals surface area contributed by atoms with Crippen LogP contribution in [0.25, 0.3) is 33.1 Å². The Kier molecular flexibility index (Phi) is 4.04. The van der Waals surface area contributed by atoms with Gasteiger partial charge in [0.1, 0.15) is 11.3 Å². The number of H-pyrrole nitrogens is 1. The van der Waals surface area contributed by atoms with Crippen molar-refractivity contribution in [3.8, 4) is 11.3 Å². The molecule has 3 aromatic heterocycles. The molecule has 0 unspecified atom stereocenters. The van der Waals surface area contributed by atoms with E-state index in [-0.39, 0.29) is 5.91 Å². The van der Waals surface area contributed by atoms with Crippen LogP contribution in [0.15, 0.2) is 36.7 Å². The SMILES string of the molecule is CC(C)(Cn1cc2c(N)nc3cc(-c4ccn[nH]4)ccc3c2n1)C(=O)N1CC(O)C1. The number of aromatic nitrogens is 5. The summed E-state index contributed by atoms with van der Waals surface area (Å²) in [6.45, 7) is 4.97. The summed E-state index contributed by atoms with van der Waals surface area (Å²) in [7, 11) is 0.